The quantitative estimate of drug-likeness (QED) is 0.522. The van der Waals surface area contributed by atoms with Crippen LogP contribution in [-0.4, -0.2) is 83.4 Å². The summed E-state index contributed by atoms with van der Waals surface area (Å²) in [5, 5.41) is 3.71. The zero-order valence-electron chi connectivity index (χ0n) is 15.2. The predicted molar refractivity (Wildman–Crippen MR) is 102 cm³/mol. The molecular formula is C16H25N3O5S2. The summed E-state index contributed by atoms with van der Waals surface area (Å²) in [6, 6.07) is 4.74. The lowest BCUT2D eigenvalue weighted by Crippen LogP contribution is -2.53. The molecule has 26 heavy (non-hydrogen) atoms. The first-order valence-electron chi connectivity index (χ1n) is 8.18. The molecule has 0 radical (unpaired) electrons. The van der Waals surface area contributed by atoms with Gasteiger partial charge in [0.25, 0.3) is 0 Å². The summed E-state index contributed by atoms with van der Waals surface area (Å²) in [5.74, 6) is 0.761. The summed E-state index contributed by atoms with van der Waals surface area (Å²) < 4.78 is 42.9. The van der Waals surface area contributed by atoms with Crippen LogP contribution in [0.1, 0.15) is 0 Å². The number of hydrogen-bond donors (Lipinski definition) is 1. The molecule has 8 nitrogen and oxygen atoms in total. The normalized spacial score (nSPS) is 15.6. The van der Waals surface area contributed by atoms with Crippen molar-refractivity contribution in [2.45, 2.75) is 4.90 Å². The van der Waals surface area contributed by atoms with Crippen LogP contribution in [-0.2, 0) is 14.8 Å². The zero-order chi connectivity index (χ0) is 19.2. The van der Waals surface area contributed by atoms with E-state index in [2.05, 4.69) is 5.32 Å². The van der Waals surface area contributed by atoms with Crippen molar-refractivity contribution >= 4 is 27.4 Å². The van der Waals surface area contributed by atoms with Crippen LogP contribution in [0.4, 0.5) is 0 Å². The van der Waals surface area contributed by atoms with Crippen LogP contribution in [0.15, 0.2) is 23.1 Å². The lowest BCUT2D eigenvalue weighted by atomic mass is 10.3. The zero-order valence-corrected chi connectivity index (χ0v) is 16.9. The number of rotatable bonds is 7. The molecule has 1 aliphatic rings. The molecule has 0 spiro atoms. The average Bonchev–Trinajstić information content (AvgIpc) is 2.67. The molecule has 1 aromatic rings. The smallest absolute Gasteiger partial charge is 0.247 e. The Morgan fingerprint density at radius 3 is 2.42 bits per heavy atom. The molecule has 0 saturated carbocycles. The molecule has 1 heterocycles. The number of thiocarbonyl (C=S) groups is 1. The van der Waals surface area contributed by atoms with E-state index in [1.54, 1.807) is 19.2 Å². The van der Waals surface area contributed by atoms with Gasteiger partial charge in [-0.25, -0.2) is 8.42 Å². The third-order valence-electron chi connectivity index (χ3n) is 4.10. The topological polar surface area (TPSA) is 80.3 Å². The van der Waals surface area contributed by atoms with Gasteiger partial charge in [0.15, 0.2) is 5.11 Å². The largest absolute Gasteiger partial charge is 0.497 e. The molecule has 0 amide bonds. The summed E-state index contributed by atoms with van der Waals surface area (Å²) in [7, 11) is 0.879. The Hall–Kier alpha value is -1.62. The number of sulfonamides is 1. The SMILES string of the molecule is COCCNC(=S)N1CCN(S(=O)(=O)c2cc(OC)ccc2OC)CC1. The Morgan fingerprint density at radius 1 is 1.15 bits per heavy atom. The van der Waals surface area contributed by atoms with Gasteiger partial charge in [-0.05, 0) is 24.4 Å². The molecule has 0 bridgehead atoms. The number of hydrogen-bond acceptors (Lipinski definition) is 6. The van der Waals surface area contributed by atoms with Crippen LogP contribution in [0.3, 0.4) is 0 Å². The fourth-order valence-corrected chi connectivity index (χ4v) is 4.51. The number of ether oxygens (including phenoxy) is 3. The van der Waals surface area contributed by atoms with Gasteiger partial charge in [0.05, 0.1) is 20.8 Å². The molecule has 1 N–H and O–H groups in total. The molecule has 1 aliphatic heterocycles. The van der Waals surface area contributed by atoms with E-state index < -0.39 is 10.0 Å². The van der Waals surface area contributed by atoms with E-state index in [9.17, 15) is 8.42 Å². The van der Waals surface area contributed by atoms with Crippen molar-refractivity contribution in [3.8, 4) is 11.5 Å². The van der Waals surface area contributed by atoms with Crippen molar-refractivity contribution in [1.29, 1.82) is 0 Å². The fourth-order valence-electron chi connectivity index (χ4n) is 2.63. The van der Waals surface area contributed by atoms with E-state index in [0.717, 1.165) is 0 Å². The molecule has 1 aromatic carbocycles. The van der Waals surface area contributed by atoms with Gasteiger partial charge < -0.3 is 24.4 Å². The molecule has 10 heteroatoms. The van der Waals surface area contributed by atoms with E-state index in [-0.39, 0.29) is 4.90 Å². The second-order valence-corrected chi connectivity index (χ2v) is 7.93. The van der Waals surface area contributed by atoms with Crippen LogP contribution in [0.25, 0.3) is 0 Å². The summed E-state index contributed by atoms with van der Waals surface area (Å²) in [6.45, 7) is 2.90. The van der Waals surface area contributed by atoms with Crippen molar-refractivity contribution in [3.63, 3.8) is 0 Å². The summed E-state index contributed by atoms with van der Waals surface area (Å²) in [6.07, 6.45) is 0. The minimum absolute atomic E-state index is 0.105. The monoisotopic (exact) mass is 403 g/mol. The number of methoxy groups -OCH3 is 3. The standard InChI is InChI=1S/C16H25N3O5S2/c1-22-11-6-17-16(25)18-7-9-19(10-8-18)26(20,21)15-12-13(23-2)4-5-14(15)24-3/h4-5,12H,6-11H2,1-3H3,(H,17,25). The van der Waals surface area contributed by atoms with Gasteiger partial charge in [-0.1, -0.05) is 0 Å². The Labute approximate surface area is 160 Å². The first-order chi connectivity index (χ1) is 12.4. The highest BCUT2D eigenvalue weighted by molar-refractivity contribution is 7.89. The molecule has 146 valence electrons. The van der Waals surface area contributed by atoms with Gasteiger partial charge in [-0.3, -0.25) is 0 Å². The first-order valence-corrected chi connectivity index (χ1v) is 10.0. The highest BCUT2D eigenvalue weighted by atomic mass is 32.2. The van der Waals surface area contributed by atoms with Crippen LogP contribution in [0.5, 0.6) is 11.5 Å². The van der Waals surface area contributed by atoms with Crippen molar-refractivity contribution in [2.75, 3.05) is 60.7 Å². The van der Waals surface area contributed by atoms with Gasteiger partial charge in [0.1, 0.15) is 16.4 Å². The fraction of sp³-hybridized carbons (Fsp3) is 0.562. The number of benzene rings is 1. The molecule has 1 saturated heterocycles. The lowest BCUT2D eigenvalue weighted by molar-refractivity contribution is 0.201. The van der Waals surface area contributed by atoms with Gasteiger partial charge in [-0.2, -0.15) is 4.31 Å². The predicted octanol–water partition coefficient (Wildman–Crippen LogP) is 0.531. The van der Waals surface area contributed by atoms with E-state index in [1.807, 2.05) is 4.90 Å². The van der Waals surface area contributed by atoms with E-state index in [0.29, 0.717) is 55.9 Å². The molecule has 0 aromatic heterocycles. The summed E-state index contributed by atoms with van der Waals surface area (Å²) in [5.41, 5.74) is 0. The number of piperazine rings is 1. The number of nitrogens with zero attached hydrogens (tertiary/aromatic N) is 2. The number of nitrogens with one attached hydrogen (secondary N) is 1. The highest BCUT2D eigenvalue weighted by Gasteiger charge is 2.31. The molecule has 2 rings (SSSR count). The summed E-state index contributed by atoms with van der Waals surface area (Å²) >= 11 is 5.34. The Morgan fingerprint density at radius 2 is 1.85 bits per heavy atom. The van der Waals surface area contributed by atoms with Gasteiger partial charge >= 0.3 is 0 Å². The third kappa shape index (κ3) is 4.76. The van der Waals surface area contributed by atoms with Crippen molar-refractivity contribution < 1.29 is 22.6 Å². The minimum atomic E-state index is -3.69. The van der Waals surface area contributed by atoms with Crippen molar-refractivity contribution in [3.05, 3.63) is 18.2 Å². The second-order valence-electron chi connectivity index (χ2n) is 5.63. The first kappa shape index (κ1) is 20.7. The lowest BCUT2D eigenvalue weighted by Gasteiger charge is -2.35. The van der Waals surface area contributed by atoms with Crippen LogP contribution in [0, 0.1) is 0 Å². The molecule has 1 fully saturated rings. The van der Waals surface area contributed by atoms with Gasteiger partial charge in [0.2, 0.25) is 10.0 Å². The van der Waals surface area contributed by atoms with Gasteiger partial charge in [0, 0.05) is 45.9 Å². The third-order valence-corrected chi connectivity index (χ3v) is 6.42. The minimum Gasteiger partial charge on any atom is -0.497 e. The maximum Gasteiger partial charge on any atom is 0.247 e. The van der Waals surface area contributed by atoms with E-state index >= 15 is 0 Å². The van der Waals surface area contributed by atoms with Crippen LogP contribution >= 0.6 is 12.2 Å². The van der Waals surface area contributed by atoms with E-state index in [4.69, 9.17) is 26.4 Å². The molecular weight excluding hydrogens is 378 g/mol. The maximum atomic E-state index is 13.0. The van der Waals surface area contributed by atoms with Crippen molar-refractivity contribution in [1.82, 2.24) is 14.5 Å². The average molecular weight is 404 g/mol. The molecule has 0 aliphatic carbocycles. The maximum absolute atomic E-state index is 13.0. The molecule has 0 atom stereocenters. The summed E-state index contributed by atoms with van der Waals surface area (Å²) in [4.78, 5) is 2.06. The van der Waals surface area contributed by atoms with Crippen molar-refractivity contribution in [2.24, 2.45) is 0 Å². The highest BCUT2D eigenvalue weighted by Crippen LogP contribution is 2.31. The van der Waals surface area contributed by atoms with Crippen LogP contribution in [0.2, 0.25) is 0 Å². The van der Waals surface area contributed by atoms with E-state index in [1.165, 1.54) is 24.6 Å². The Bertz CT molecular complexity index is 719. The Kier molecular flexibility index (Phi) is 7.44. The second kappa shape index (κ2) is 9.36. The Balaban J connectivity index is 2.07. The van der Waals surface area contributed by atoms with Crippen LogP contribution < -0.4 is 14.8 Å². The van der Waals surface area contributed by atoms with Gasteiger partial charge in [-0.15, -0.1) is 0 Å². The molecule has 0 unspecified atom stereocenters.